The summed E-state index contributed by atoms with van der Waals surface area (Å²) in [6.45, 7) is 0. The third-order valence-corrected chi connectivity index (χ3v) is 4.20. The largest absolute Gasteiger partial charge is 0.168 e. The van der Waals surface area contributed by atoms with Crippen molar-refractivity contribution in [2.45, 2.75) is 0 Å². The van der Waals surface area contributed by atoms with Gasteiger partial charge in [0, 0.05) is 0 Å². The first kappa shape index (κ1) is 22.8. The third-order valence-electron chi connectivity index (χ3n) is 3.87. The van der Waals surface area contributed by atoms with Gasteiger partial charge in [0.1, 0.15) is 0 Å². The number of benzene rings is 3. The molecule has 28 heavy (non-hydrogen) atoms. The van der Waals surface area contributed by atoms with Crippen molar-refractivity contribution in [3.63, 3.8) is 0 Å². The average Bonchev–Trinajstić information content (AvgIpc) is 3.39. The summed E-state index contributed by atoms with van der Waals surface area (Å²) in [5.74, 6) is 0. The van der Waals surface area contributed by atoms with Crippen LogP contribution in [0.4, 0.5) is 0 Å². The van der Waals surface area contributed by atoms with Gasteiger partial charge in [-0.1, -0.05) is 47.7 Å². The molecule has 0 aliphatic carbocycles. The van der Waals surface area contributed by atoms with Crippen LogP contribution in [0.15, 0.2) is 115 Å². The predicted molar refractivity (Wildman–Crippen MR) is 123 cm³/mol. The minimum Gasteiger partial charge on any atom is -0.168 e. The molecule has 5 rings (SSSR count). The van der Waals surface area contributed by atoms with Crippen LogP contribution in [0.25, 0.3) is 21.5 Å². The normalized spacial score (nSPS) is 9.11. The van der Waals surface area contributed by atoms with Crippen LogP contribution in [0.1, 0.15) is 0 Å². The van der Waals surface area contributed by atoms with E-state index in [2.05, 4.69) is 95.2 Å². The fourth-order valence-corrected chi connectivity index (χ4v) is 2.77. The minimum atomic E-state index is -0.826. The van der Waals surface area contributed by atoms with E-state index in [1.165, 1.54) is 21.5 Å². The summed E-state index contributed by atoms with van der Waals surface area (Å²) in [5.41, 5.74) is 0. The van der Waals surface area contributed by atoms with Gasteiger partial charge in [0.2, 0.25) is 0 Å². The number of fused-ring (bicyclic) bond motifs is 2. The van der Waals surface area contributed by atoms with Crippen molar-refractivity contribution in [1.29, 1.82) is 0 Å². The Hall–Kier alpha value is -1.44. The Labute approximate surface area is 188 Å². The molecule has 0 saturated carbocycles. The first-order valence-electron chi connectivity index (χ1n) is 8.68. The van der Waals surface area contributed by atoms with Gasteiger partial charge in [0.05, 0.1) is 10.2 Å². The molecule has 0 nitrogen and oxygen atoms in total. The van der Waals surface area contributed by atoms with E-state index in [9.17, 15) is 0 Å². The Morgan fingerprint density at radius 2 is 0.964 bits per heavy atom. The molecule has 0 spiro atoms. The van der Waals surface area contributed by atoms with Crippen LogP contribution in [0.5, 0.6) is 0 Å². The van der Waals surface area contributed by atoms with Crippen molar-refractivity contribution in [3.8, 4) is 0 Å². The summed E-state index contributed by atoms with van der Waals surface area (Å²) in [6.07, 6.45) is 0. The SMILES string of the molecule is [Cl][Zr+2][Cl].[Si]c1ccccc1.c1ccc2[cH-]ccc2c1.c1ccc2[cH-]ccc2c1. The van der Waals surface area contributed by atoms with Gasteiger partial charge in [-0.15, -0.1) is 59.3 Å². The molecule has 0 N–H and O–H groups in total. The summed E-state index contributed by atoms with van der Waals surface area (Å²) in [7, 11) is 13.2. The van der Waals surface area contributed by atoms with Gasteiger partial charge in [-0.25, -0.2) is 0 Å². The van der Waals surface area contributed by atoms with E-state index in [0.29, 0.717) is 0 Å². The number of halogens is 2. The molecule has 0 amide bonds. The average molecular weight is 498 g/mol. The van der Waals surface area contributed by atoms with Gasteiger partial charge >= 0.3 is 37.9 Å². The maximum Gasteiger partial charge on any atom is 0.0711 e. The van der Waals surface area contributed by atoms with Crippen LogP contribution in [-0.2, 0) is 20.8 Å². The van der Waals surface area contributed by atoms with E-state index < -0.39 is 20.8 Å². The maximum absolute atomic E-state index is 4.93. The fraction of sp³-hybridized carbons (Fsp3) is 0. The van der Waals surface area contributed by atoms with Crippen molar-refractivity contribution in [1.82, 2.24) is 0 Å². The second kappa shape index (κ2) is 13.7. The van der Waals surface area contributed by atoms with Crippen LogP contribution >= 0.6 is 17.0 Å². The smallest absolute Gasteiger partial charge is 0.0711 e. The van der Waals surface area contributed by atoms with Crippen molar-refractivity contribution >= 4 is 54.0 Å². The molecule has 0 bridgehead atoms. The van der Waals surface area contributed by atoms with Gasteiger partial charge in [0.15, 0.2) is 0 Å². The van der Waals surface area contributed by atoms with E-state index in [4.69, 9.17) is 17.0 Å². The Bertz CT molecular complexity index is 912. The molecule has 137 valence electrons. The summed E-state index contributed by atoms with van der Waals surface area (Å²) >= 11 is -0.826. The Morgan fingerprint density at radius 3 is 1.32 bits per heavy atom. The van der Waals surface area contributed by atoms with Gasteiger partial charge in [0.25, 0.3) is 0 Å². The quantitative estimate of drug-likeness (QED) is 0.160. The van der Waals surface area contributed by atoms with E-state index >= 15 is 0 Å². The topological polar surface area (TPSA) is 0 Å². The molecule has 0 atom stereocenters. The molecule has 0 unspecified atom stereocenters. The molecule has 4 heteroatoms. The summed E-state index contributed by atoms with van der Waals surface area (Å²) in [6, 6.07) is 39.3. The van der Waals surface area contributed by atoms with Gasteiger partial charge in [-0.3, -0.25) is 0 Å². The summed E-state index contributed by atoms with van der Waals surface area (Å²) in [5, 5.41) is 6.45. The Morgan fingerprint density at radius 1 is 0.571 bits per heavy atom. The standard InChI is InChI=1S/2C9H7.C6H5Si.2ClH.Zr/c2*1-2-5-9-7-3-6-8(9)4-1;7-6-4-2-1-3-5-6;;;/h2*1-7H;1-5H;2*1H;/q2*-1;;;;+4/p-2. The number of hydrogen-bond acceptors (Lipinski definition) is 0. The summed E-state index contributed by atoms with van der Waals surface area (Å²) < 4.78 is 0. The van der Waals surface area contributed by atoms with Crippen molar-refractivity contribution in [2.24, 2.45) is 0 Å². The maximum atomic E-state index is 4.93. The van der Waals surface area contributed by atoms with Crippen molar-refractivity contribution < 1.29 is 20.8 Å². The van der Waals surface area contributed by atoms with Crippen molar-refractivity contribution in [3.05, 3.63) is 115 Å². The second-order valence-corrected chi connectivity index (χ2v) is 10.1. The molecule has 0 aromatic heterocycles. The van der Waals surface area contributed by atoms with Gasteiger partial charge < -0.3 is 0 Å². The summed E-state index contributed by atoms with van der Waals surface area (Å²) in [4.78, 5) is 0. The van der Waals surface area contributed by atoms with Crippen molar-refractivity contribution in [2.75, 3.05) is 0 Å². The molecular formula is C24H19Cl2SiZr. The van der Waals surface area contributed by atoms with E-state index in [0.717, 1.165) is 5.19 Å². The van der Waals surface area contributed by atoms with E-state index in [1.54, 1.807) is 0 Å². The molecule has 0 aliphatic rings. The number of hydrogen-bond donors (Lipinski definition) is 0. The van der Waals surface area contributed by atoms with Crippen LogP contribution < -0.4 is 5.19 Å². The van der Waals surface area contributed by atoms with Crippen LogP contribution in [0.3, 0.4) is 0 Å². The zero-order chi connectivity index (χ0) is 20.0. The zero-order valence-corrected chi connectivity index (χ0v) is 20.2. The van der Waals surface area contributed by atoms with Gasteiger partial charge in [-0.05, 0) is 0 Å². The molecule has 5 aromatic rings. The van der Waals surface area contributed by atoms with Crippen LogP contribution in [-0.4, -0.2) is 10.2 Å². The molecule has 0 fully saturated rings. The first-order valence-corrected chi connectivity index (χ1v) is 15.5. The molecular weight excluding hydrogens is 478 g/mol. The molecule has 3 radical (unpaired) electrons. The second-order valence-electron chi connectivity index (χ2n) is 5.75. The molecule has 0 saturated heterocycles. The Balaban J connectivity index is 0.000000142. The number of rotatable bonds is 0. The van der Waals surface area contributed by atoms with Gasteiger partial charge in [-0.2, -0.15) is 35.0 Å². The van der Waals surface area contributed by atoms with Crippen LogP contribution in [0, 0.1) is 0 Å². The van der Waals surface area contributed by atoms with E-state index in [-0.39, 0.29) is 0 Å². The zero-order valence-electron chi connectivity index (χ0n) is 15.2. The molecule has 0 aliphatic heterocycles. The Kier molecular flexibility index (Phi) is 11.2. The minimum absolute atomic E-state index is 0.826. The van der Waals surface area contributed by atoms with Crippen LogP contribution in [0.2, 0.25) is 0 Å². The fourth-order valence-electron chi connectivity index (χ4n) is 2.58. The third kappa shape index (κ3) is 8.29. The molecule has 5 aromatic carbocycles. The monoisotopic (exact) mass is 495 g/mol. The molecule has 0 heterocycles. The van der Waals surface area contributed by atoms with E-state index in [1.807, 2.05) is 30.3 Å². The predicted octanol–water partition coefficient (Wildman–Crippen LogP) is 6.97. The first-order chi connectivity index (χ1) is 13.7.